The highest BCUT2D eigenvalue weighted by molar-refractivity contribution is 6.02. The van der Waals surface area contributed by atoms with Crippen molar-refractivity contribution in [2.45, 2.75) is 13.8 Å². The Morgan fingerprint density at radius 1 is 0.933 bits per heavy atom. The Morgan fingerprint density at radius 2 is 1.63 bits per heavy atom. The van der Waals surface area contributed by atoms with Gasteiger partial charge < -0.3 is 29.7 Å². The number of phenolic OH excluding ortho intramolecular Hbond substituents is 2. The fourth-order valence-corrected chi connectivity index (χ4v) is 2.36. The number of benzene rings is 2. The van der Waals surface area contributed by atoms with Crippen LogP contribution in [0.1, 0.15) is 24.2 Å². The molecule has 160 valence electrons. The van der Waals surface area contributed by atoms with E-state index in [4.69, 9.17) is 14.2 Å². The number of carbonyl (C=O) groups is 3. The average Bonchev–Trinajstić information content (AvgIpc) is 2.68. The summed E-state index contributed by atoms with van der Waals surface area (Å²) in [6, 6.07) is 7.18. The van der Waals surface area contributed by atoms with Gasteiger partial charge in [0.15, 0.2) is 18.1 Å². The van der Waals surface area contributed by atoms with Crippen molar-refractivity contribution < 1.29 is 38.8 Å². The highest BCUT2D eigenvalue weighted by Gasteiger charge is 2.16. The molecule has 0 spiro atoms. The van der Waals surface area contributed by atoms with Gasteiger partial charge in [0, 0.05) is 17.8 Å². The van der Waals surface area contributed by atoms with Gasteiger partial charge in [0.2, 0.25) is 0 Å². The number of urea groups is 1. The number of nitrogens with one attached hydrogen (secondary N) is 2. The van der Waals surface area contributed by atoms with E-state index >= 15 is 0 Å². The third kappa shape index (κ3) is 6.30. The van der Waals surface area contributed by atoms with Gasteiger partial charge in [0.05, 0.1) is 13.2 Å². The number of imide groups is 1. The lowest BCUT2D eigenvalue weighted by molar-refractivity contribution is -0.123. The van der Waals surface area contributed by atoms with Crippen LogP contribution in [0.4, 0.5) is 10.5 Å². The molecule has 0 saturated heterocycles. The predicted octanol–water partition coefficient (Wildman–Crippen LogP) is 2.40. The number of aromatic hydroxyl groups is 2. The molecule has 10 nitrogen and oxygen atoms in total. The smallest absolute Gasteiger partial charge is 0.342 e. The molecule has 10 heteroatoms. The summed E-state index contributed by atoms with van der Waals surface area (Å²) >= 11 is 0. The van der Waals surface area contributed by atoms with Crippen LogP contribution in [0.3, 0.4) is 0 Å². The summed E-state index contributed by atoms with van der Waals surface area (Å²) in [4.78, 5) is 35.7. The highest BCUT2D eigenvalue weighted by Crippen LogP contribution is 2.30. The van der Waals surface area contributed by atoms with Gasteiger partial charge in [-0.1, -0.05) is 0 Å². The summed E-state index contributed by atoms with van der Waals surface area (Å²) < 4.78 is 15.6. The largest absolute Gasteiger partial charge is 0.508 e. The second-order valence-corrected chi connectivity index (χ2v) is 5.81. The number of anilines is 1. The molecule has 0 aromatic heterocycles. The molecule has 0 atom stereocenters. The van der Waals surface area contributed by atoms with Gasteiger partial charge in [0.25, 0.3) is 5.91 Å². The summed E-state index contributed by atoms with van der Waals surface area (Å²) in [6.45, 7) is 3.73. The van der Waals surface area contributed by atoms with Crippen LogP contribution in [0.25, 0.3) is 0 Å². The lowest BCUT2D eigenvalue weighted by atomic mass is 10.2. The second-order valence-electron chi connectivity index (χ2n) is 5.81. The number of carbonyl (C=O) groups excluding carboxylic acids is 3. The molecule has 0 fully saturated rings. The molecule has 30 heavy (non-hydrogen) atoms. The topological polar surface area (TPSA) is 143 Å². The SMILES string of the molecule is CCOc1ccc(NC(=O)NC(=O)COC(=O)c2ccc(O)cc2O)cc1OCC. The number of hydrogen-bond acceptors (Lipinski definition) is 8. The maximum Gasteiger partial charge on any atom is 0.342 e. The molecule has 4 N–H and O–H groups in total. The van der Waals surface area contributed by atoms with E-state index in [1.54, 1.807) is 25.1 Å². The van der Waals surface area contributed by atoms with Crippen LogP contribution in [0.5, 0.6) is 23.0 Å². The minimum Gasteiger partial charge on any atom is -0.508 e. The van der Waals surface area contributed by atoms with Crippen molar-refractivity contribution in [1.29, 1.82) is 0 Å². The normalized spacial score (nSPS) is 10.1. The van der Waals surface area contributed by atoms with Crippen molar-refractivity contribution in [3.05, 3.63) is 42.0 Å². The van der Waals surface area contributed by atoms with Gasteiger partial charge in [-0.25, -0.2) is 9.59 Å². The molecule has 0 aliphatic heterocycles. The summed E-state index contributed by atoms with van der Waals surface area (Å²) in [7, 11) is 0. The standard InChI is InChI=1S/C20H22N2O8/c1-3-28-16-8-5-12(9-17(16)29-4-2)21-20(27)22-18(25)11-30-19(26)14-7-6-13(23)10-15(14)24/h5-10,23-24H,3-4,11H2,1-2H3,(H2,21,22,25,27). The molecular weight excluding hydrogens is 396 g/mol. The maximum atomic E-state index is 12.0. The van der Waals surface area contributed by atoms with E-state index < -0.39 is 30.3 Å². The van der Waals surface area contributed by atoms with Crippen LogP contribution >= 0.6 is 0 Å². The zero-order chi connectivity index (χ0) is 22.1. The molecule has 0 unspecified atom stereocenters. The molecule has 2 aromatic rings. The molecule has 2 aromatic carbocycles. The Bertz CT molecular complexity index is 929. The molecule has 0 radical (unpaired) electrons. The third-order valence-corrected chi connectivity index (χ3v) is 3.59. The van der Waals surface area contributed by atoms with Gasteiger partial charge in [-0.15, -0.1) is 0 Å². The Morgan fingerprint density at radius 3 is 2.30 bits per heavy atom. The van der Waals surface area contributed by atoms with Crippen molar-refractivity contribution in [2.75, 3.05) is 25.1 Å². The summed E-state index contributed by atoms with van der Waals surface area (Å²) in [5, 5.41) is 23.3. The maximum absolute atomic E-state index is 12.0. The Hall–Kier alpha value is -3.95. The van der Waals surface area contributed by atoms with Crippen LogP contribution in [0.15, 0.2) is 36.4 Å². The van der Waals surface area contributed by atoms with Gasteiger partial charge in [-0.05, 0) is 38.1 Å². The zero-order valence-electron chi connectivity index (χ0n) is 16.4. The quantitative estimate of drug-likeness (QED) is 0.479. The molecule has 2 rings (SSSR count). The van der Waals surface area contributed by atoms with Gasteiger partial charge in [-0.3, -0.25) is 10.1 Å². The first-order chi connectivity index (χ1) is 14.3. The molecule has 0 aliphatic carbocycles. The molecule has 0 aliphatic rings. The van der Waals surface area contributed by atoms with Crippen molar-refractivity contribution >= 4 is 23.6 Å². The average molecular weight is 418 g/mol. The lowest BCUT2D eigenvalue weighted by Crippen LogP contribution is -2.37. The highest BCUT2D eigenvalue weighted by atomic mass is 16.5. The first-order valence-corrected chi connectivity index (χ1v) is 9.03. The van der Waals surface area contributed by atoms with E-state index in [-0.39, 0.29) is 11.3 Å². The van der Waals surface area contributed by atoms with E-state index in [1.165, 1.54) is 6.07 Å². The number of ether oxygens (including phenoxy) is 3. The van der Waals surface area contributed by atoms with Crippen molar-refractivity contribution in [3.8, 4) is 23.0 Å². The Kier molecular flexibility index (Phi) is 7.86. The van der Waals surface area contributed by atoms with Crippen LogP contribution in [0.2, 0.25) is 0 Å². The monoisotopic (exact) mass is 418 g/mol. The lowest BCUT2D eigenvalue weighted by Gasteiger charge is -2.13. The first-order valence-electron chi connectivity index (χ1n) is 9.03. The molecule has 0 heterocycles. The minimum atomic E-state index is -0.990. The van der Waals surface area contributed by atoms with Crippen LogP contribution in [-0.2, 0) is 9.53 Å². The van der Waals surface area contributed by atoms with Gasteiger partial charge in [0.1, 0.15) is 17.1 Å². The zero-order valence-corrected chi connectivity index (χ0v) is 16.4. The fourth-order valence-electron chi connectivity index (χ4n) is 2.36. The fraction of sp³-hybridized carbons (Fsp3) is 0.250. The molecule has 0 saturated carbocycles. The van der Waals surface area contributed by atoms with Gasteiger partial charge >= 0.3 is 12.0 Å². The number of phenols is 2. The summed E-state index contributed by atoms with van der Waals surface area (Å²) in [5.41, 5.74) is 0.126. The summed E-state index contributed by atoms with van der Waals surface area (Å²) in [5.74, 6) is -1.65. The minimum absolute atomic E-state index is 0.233. The van der Waals surface area contributed by atoms with Crippen LogP contribution in [-0.4, -0.2) is 47.9 Å². The van der Waals surface area contributed by atoms with Crippen molar-refractivity contribution in [1.82, 2.24) is 5.32 Å². The van der Waals surface area contributed by atoms with Crippen LogP contribution < -0.4 is 20.1 Å². The van der Waals surface area contributed by atoms with E-state index in [2.05, 4.69) is 5.32 Å². The van der Waals surface area contributed by atoms with E-state index in [0.29, 0.717) is 30.4 Å². The number of rotatable bonds is 8. The van der Waals surface area contributed by atoms with Gasteiger partial charge in [-0.2, -0.15) is 0 Å². The molecular formula is C20H22N2O8. The first kappa shape index (κ1) is 22.3. The van der Waals surface area contributed by atoms with E-state index in [9.17, 15) is 24.6 Å². The Labute approximate surface area is 172 Å². The third-order valence-electron chi connectivity index (χ3n) is 3.59. The van der Waals surface area contributed by atoms with Crippen molar-refractivity contribution in [2.24, 2.45) is 0 Å². The number of esters is 1. The van der Waals surface area contributed by atoms with Crippen molar-refractivity contribution in [3.63, 3.8) is 0 Å². The Balaban J connectivity index is 1.89. The summed E-state index contributed by atoms with van der Waals surface area (Å²) in [6.07, 6.45) is 0. The number of hydrogen-bond donors (Lipinski definition) is 4. The van der Waals surface area contributed by atoms with E-state index in [1.807, 2.05) is 12.2 Å². The van der Waals surface area contributed by atoms with Crippen LogP contribution in [0, 0.1) is 0 Å². The predicted molar refractivity (Wildman–Crippen MR) is 106 cm³/mol. The molecule has 3 amide bonds. The number of amides is 3. The second kappa shape index (κ2) is 10.6. The van der Waals surface area contributed by atoms with E-state index in [0.717, 1.165) is 12.1 Å². The molecule has 0 bridgehead atoms.